The van der Waals surface area contributed by atoms with Gasteiger partial charge in [-0.3, -0.25) is 34.0 Å². The summed E-state index contributed by atoms with van der Waals surface area (Å²) in [5.41, 5.74) is 9.47. The van der Waals surface area contributed by atoms with Crippen molar-refractivity contribution in [2.75, 3.05) is 35.4 Å². The average Bonchev–Trinajstić information content (AvgIpc) is 3.79. The second kappa shape index (κ2) is 16.6. The summed E-state index contributed by atoms with van der Waals surface area (Å²) in [5.74, 6) is 1.36. The highest BCUT2D eigenvalue weighted by Gasteiger charge is 2.42. The van der Waals surface area contributed by atoms with E-state index in [0.717, 1.165) is 51.3 Å². The third kappa shape index (κ3) is 7.61. The van der Waals surface area contributed by atoms with E-state index in [1.165, 1.54) is 7.11 Å². The number of amides is 2. The van der Waals surface area contributed by atoms with E-state index >= 15 is 0 Å². The van der Waals surface area contributed by atoms with Crippen molar-refractivity contribution in [3.8, 4) is 17.2 Å². The maximum absolute atomic E-state index is 14.1. The number of aryl methyl sites for hydroxylation is 1. The van der Waals surface area contributed by atoms with E-state index in [-0.39, 0.29) is 55.0 Å². The van der Waals surface area contributed by atoms with Crippen molar-refractivity contribution in [1.82, 2.24) is 0 Å². The van der Waals surface area contributed by atoms with Gasteiger partial charge in [-0.15, -0.1) is 0 Å². The highest BCUT2D eigenvalue weighted by Crippen LogP contribution is 2.41. The lowest BCUT2D eigenvalue weighted by Gasteiger charge is -2.23. The van der Waals surface area contributed by atoms with E-state index in [0.29, 0.717) is 65.4 Å². The minimum Gasteiger partial charge on any atom is -0.493 e. The fourth-order valence-corrected chi connectivity index (χ4v) is 9.11. The Bertz CT molecular complexity index is 2670. The number of carbonyl (C=O) groups excluding carboxylic acids is 4. The Balaban J connectivity index is 0.968. The minimum atomic E-state index is -0.549. The summed E-state index contributed by atoms with van der Waals surface area (Å²) in [6.07, 6.45) is 4.40. The number of methoxy groups -OCH3 is 1. The van der Waals surface area contributed by atoms with E-state index in [9.17, 15) is 19.2 Å². The molecule has 4 aliphatic heterocycles. The Morgan fingerprint density at radius 3 is 2.15 bits per heavy atom. The minimum absolute atomic E-state index is 0.00583. The van der Waals surface area contributed by atoms with Gasteiger partial charge in [0.25, 0.3) is 11.8 Å². The van der Waals surface area contributed by atoms with Crippen molar-refractivity contribution >= 4 is 52.3 Å². The quantitative estimate of drug-likeness (QED) is 0.116. The third-order valence-corrected chi connectivity index (χ3v) is 12.5. The first kappa shape index (κ1) is 40.6. The number of aliphatic imine (C=N–C) groups is 1. The second-order valence-corrected chi connectivity index (χ2v) is 17.0. The van der Waals surface area contributed by atoms with Crippen molar-refractivity contribution < 1.29 is 33.4 Å². The van der Waals surface area contributed by atoms with Gasteiger partial charge in [0.1, 0.15) is 30.8 Å². The van der Waals surface area contributed by atoms with Gasteiger partial charge in [0.15, 0.2) is 17.3 Å². The molecule has 0 bridgehead atoms. The van der Waals surface area contributed by atoms with Crippen LogP contribution in [0.3, 0.4) is 0 Å². The van der Waals surface area contributed by atoms with Gasteiger partial charge in [-0.1, -0.05) is 50.2 Å². The Kier molecular flexibility index (Phi) is 10.9. The fourth-order valence-electron chi connectivity index (χ4n) is 9.11. The average molecular weight is 831 g/mol. The molecule has 5 aromatic rings. The van der Waals surface area contributed by atoms with Crippen LogP contribution in [0.1, 0.15) is 80.8 Å². The monoisotopic (exact) mass is 830 g/mol. The van der Waals surface area contributed by atoms with Crippen LogP contribution in [-0.4, -0.2) is 62.4 Å². The second-order valence-electron chi connectivity index (χ2n) is 17.0. The van der Waals surface area contributed by atoms with Gasteiger partial charge in [-0.05, 0) is 95.3 Å². The number of hydrogen-bond acceptors (Lipinski definition) is 9. The van der Waals surface area contributed by atoms with Gasteiger partial charge in [-0.25, -0.2) is 0 Å². The smallest absolute Gasteiger partial charge is 0.261 e. The van der Waals surface area contributed by atoms with Gasteiger partial charge >= 0.3 is 0 Å². The molecule has 0 spiro atoms. The zero-order valence-corrected chi connectivity index (χ0v) is 35.8. The summed E-state index contributed by atoms with van der Waals surface area (Å²) in [7, 11) is 3.55. The maximum Gasteiger partial charge on any atom is 0.261 e. The van der Waals surface area contributed by atoms with Crippen LogP contribution >= 0.6 is 0 Å². The van der Waals surface area contributed by atoms with Crippen molar-refractivity contribution in [2.45, 2.75) is 78.2 Å². The molecule has 0 aromatic heterocycles. The summed E-state index contributed by atoms with van der Waals surface area (Å²) in [6, 6.07) is 28.3. The standard InChI is InChI=1S/C51H50N4O7/c1-30(2)45(56)15-10-16-53(4)37-19-32(28-61-47-26-41-40(17-31(47)3)51(59)54-38(27-52-41)21-34-11-6-8-13-42(34)54)18-33(20-37)29-62-49-24-36-23-46(57)44-22-35-12-7-9-14-43(35)55(44)50(58)39(36)25-48(49)60-5/h6-9,11-14,17-20,24-27,30,38,44H,10,15-16,21-23,28-29H2,1-5H3/t38-,44-/m0/s1. The molecular weight excluding hydrogens is 781 g/mol. The predicted octanol–water partition coefficient (Wildman–Crippen LogP) is 8.59. The number of nitrogens with zero attached hydrogens (tertiary/aromatic N) is 4. The SMILES string of the molecule is COc1cc2c(cc1OCc1cc(COc3cc4c(cc3C)C(=O)N3c5ccccc5C[C@H]3C=N4)cc(N(C)CCCC(=O)C(C)C)c1)CC(=O)[C@@H]1Cc3ccccc3N1C2=O. The van der Waals surface area contributed by atoms with Crippen LogP contribution in [0, 0.1) is 12.8 Å². The number of benzene rings is 5. The van der Waals surface area contributed by atoms with Crippen LogP contribution < -0.4 is 28.9 Å². The lowest BCUT2D eigenvalue weighted by Crippen LogP contribution is -2.41. The third-order valence-electron chi connectivity index (χ3n) is 12.5. The molecule has 0 fully saturated rings. The summed E-state index contributed by atoms with van der Waals surface area (Å²) in [4.78, 5) is 64.5. The van der Waals surface area contributed by atoms with Crippen molar-refractivity contribution in [1.29, 1.82) is 0 Å². The number of ether oxygens (including phenoxy) is 3. The molecule has 0 unspecified atom stereocenters. The molecule has 2 atom stereocenters. The normalized spacial score (nSPS) is 17.1. The van der Waals surface area contributed by atoms with Crippen molar-refractivity contribution in [2.24, 2.45) is 10.9 Å². The van der Waals surface area contributed by atoms with Gasteiger partial charge in [0, 0.05) is 80.1 Å². The molecule has 2 amide bonds. The molecule has 9 rings (SSSR count). The van der Waals surface area contributed by atoms with Crippen molar-refractivity contribution in [3.05, 3.63) is 136 Å². The lowest BCUT2D eigenvalue weighted by atomic mass is 9.98. The first-order chi connectivity index (χ1) is 30.0. The first-order valence-corrected chi connectivity index (χ1v) is 21.3. The molecule has 4 heterocycles. The predicted molar refractivity (Wildman–Crippen MR) is 240 cm³/mol. The molecule has 0 radical (unpaired) electrons. The van der Waals surface area contributed by atoms with Crippen LogP contribution in [0.15, 0.2) is 96.0 Å². The summed E-state index contributed by atoms with van der Waals surface area (Å²) >= 11 is 0. The molecular formula is C51H50N4O7. The highest BCUT2D eigenvalue weighted by atomic mass is 16.5. The number of Topliss-reactive ketones (excluding diaryl/α,β-unsaturated/α-hetero) is 2. The Hall–Kier alpha value is -6.75. The topological polar surface area (TPSA) is 118 Å². The molecule has 0 N–H and O–H groups in total. The fraction of sp³-hybridized carbons (Fsp3) is 0.314. The number of carbonyl (C=O) groups is 4. The van der Waals surface area contributed by atoms with Crippen LogP contribution in [0.4, 0.5) is 22.7 Å². The number of anilines is 3. The van der Waals surface area contributed by atoms with Crippen LogP contribution in [-0.2, 0) is 42.1 Å². The number of ketones is 2. The molecule has 62 heavy (non-hydrogen) atoms. The van der Waals surface area contributed by atoms with E-state index in [1.807, 2.05) is 99.6 Å². The molecule has 0 saturated heterocycles. The Morgan fingerprint density at radius 1 is 0.774 bits per heavy atom. The molecule has 5 aromatic carbocycles. The van der Waals surface area contributed by atoms with E-state index < -0.39 is 6.04 Å². The van der Waals surface area contributed by atoms with Crippen LogP contribution in [0.25, 0.3) is 0 Å². The zero-order valence-electron chi connectivity index (χ0n) is 35.8. The molecule has 11 heteroatoms. The summed E-state index contributed by atoms with van der Waals surface area (Å²) < 4.78 is 18.8. The van der Waals surface area contributed by atoms with Crippen molar-refractivity contribution in [3.63, 3.8) is 0 Å². The summed E-state index contributed by atoms with van der Waals surface area (Å²) in [6.45, 7) is 6.85. The van der Waals surface area contributed by atoms with Crippen LogP contribution in [0.5, 0.6) is 17.2 Å². The van der Waals surface area contributed by atoms with Gasteiger partial charge in [0.05, 0.1) is 24.4 Å². The number of rotatable bonds is 13. The van der Waals surface area contributed by atoms with Gasteiger partial charge in [0.2, 0.25) is 0 Å². The van der Waals surface area contributed by atoms with E-state index in [4.69, 9.17) is 19.2 Å². The number of hydrogen-bond donors (Lipinski definition) is 0. The lowest BCUT2D eigenvalue weighted by molar-refractivity contribution is -0.122. The molecule has 0 saturated carbocycles. The van der Waals surface area contributed by atoms with Crippen LogP contribution in [0.2, 0.25) is 0 Å². The highest BCUT2D eigenvalue weighted by molar-refractivity contribution is 6.16. The Morgan fingerprint density at radius 2 is 1.44 bits per heavy atom. The zero-order chi connectivity index (χ0) is 43.2. The first-order valence-electron chi connectivity index (χ1n) is 21.3. The maximum atomic E-state index is 14.1. The van der Waals surface area contributed by atoms with Gasteiger partial charge in [-0.2, -0.15) is 0 Å². The summed E-state index contributed by atoms with van der Waals surface area (Å²) in [5, 5.41) is 0. The largest absolute Gasteiger partial charge is 0.493 e. The molecule has 316 valence electrons. The number of fused-ring (bicyclic) bond motifs is 8. The molecule has 4 aliphatic rings. The van der Waals surface area contributed by atoms with E-state index in [2.05, 4.69) is 23.1 Å². The van der Waals surface area contributed by atoms with Gasteiger partial charge < -0.3 is 19.1 Å². The molecule has 11 nitrogen and oxygen atoms in total. The van der Waals surface area contributed by atoms with E-state index in [1.54, 1.807) is 17.0 Å². The molecule has 0 aliphatic carbocycles. The number of para-hydroxylation sites is 2. The Labute approximate surface area is 361 Å².